The van der Waals surface area contributed by atoms with Crippen molar-refractivity contribution >= 4 is 17.5 Å². The zero-order valence-electron chi connectivity index (χ0n) is 18.8. The molecule has 0 aliphatic carbocycles. The summed E-state index contributed by atoms with van der Waals surface area (Å²) >= 11 is 0. The van der Waals surface area contributed by atoms with Crippen molar-refractivity contribution in [1.29, 1.82) is 0 Å². The maximum absolute atomic E-state index is 12.9. The molecule has 0 spiro atoms. The Labute approximate surface area is 203 Å². The number of nitrogens with one attached hydrogen (secondary N) is 2. The lowest BCUT2D eigenvalue weighted by molar-refractivity contribution is -0.385. The molecule has 0 saturated carbocycles. The van der Waals surface area contributed by atoms with E-state index in [4.69, 9.17) is 0 Å². The Morgan fingerprint density at radius 3 is 2.25 bits per heavy atom. The van der Waals surface area contributed by atoms with Crippen LogP contribution in [0, 0.1) is 10.1 Å². The molecule has 0 bridgehead atoms. The van der Waals surface area contributed by atoms with Crippen molar-refractivity contribution in [3.8, 4) is 0 Å². The van der Waals surface area contributed by atoms with E-state index in [-0.39, 0.29) is 33.4 Å². The van der Waals surface area contributed by atoms with Gasteiger partial charge in [0.25, 0.3) is 17.5 Å². The molecule has 182 valence electrons. The van der Waals surface area contributed by atoms with Crippen LogP contribution >= 0.6 is 0 Å². The number of aliphatic hydroxyl groups is 2. The average Bonchev–Trinajstić information content (AvgIpc) is 2.88. The highest BCUT2D eigenvalue weighted by molar-refractivity contribution is 5.96. The second-order valence-electron chi connectivity index (χ2n) is 7.78. The second kappa shape index (κ2) is 10.2. The maximum atomic E-state index is 12.9. The number of fused-ring (bicyclic) bond motifs is 1. The van der Waals surface area contributed by atoms with Gasteiger partial charge in [-0.2, -0.15) is 0 Å². The van der Waals surface area contributed by atoms with Crippen LogP contribution in [0.5, 0.6) is 0 Å². The number of hydrazine groups is 1. The Morgan fingerprint density at radius 1 is 0.944 bits per heavy atom. The lowest BCUT2D eigenvalue weighted by Gasteiger charge is -2.21. The van der Waals surface area contributed by atoms with Gasteiger partial charge in [0, 0.05) is 30.1 Å². The Hall–Kier alpha value is -4.81. The molecule has 3 aromatic rings. The minimum atomic E-state index is -1.46. The number of non-ortho nitro benzene ring substituents is 1. The van der Waals surface area contributed by atoms with E-state index < -0.39 is 28.9 Å². The van der Waals surface area contributed by atoms with E-state index >= 15 is 0 Å². The van der Waals surface area contributed by atoms with E-state index in [1.807, 2.05) is 0 Å². The van der Waals surface area contributed by atoms with Gasteiger partial charge in [-0.05, 0) is 36.2 Å². The molecule has 12 nitrogen and oxygen atoms in total. The minimum absolute atomic E-state index is 0.00824. The fourth-order valence-electron chi connectivity index (χ4n) is 3.40. The van der Waals surface area contributed by atoms with Crippen LogP contribution in [0.3, 0.4) is 0 Å². The van der Waals surface area contributed by atoms with Gasteiger partial charge in [0.15, 0.2) is 5.70 Å². The summed E-state index contributed by atoms with van der Waals surface area (Å²) in [5, 5.41) is 32.1. The van der Waals surface area contributed by atoms with Gasteiger partial charge in [0.2, 0.25) is 0 Å². The summed E-state index contributed by atoms with van der Waals surface area (Å²) in [5.74, 6) is -1.44. The highest BCUT2D eigenvalue weighted by atomic mass is 16.6. The first-order valence-corrected chi connectivity index (χ1v) is 10.7. The predicted octanol–water partition coefficient (Wildman–Crippen LogP) is 0.702. The van der Waals surface area contributed by atoms with Crippen LogP contribution in [-0.4, -0.2) is 31.9 Å². The molecule has 1 aliphatic rings. The first-order valence-electron chi connectivity index (χ1n) is 10.7. The number of hydrogen-bond donors (Lipinski definition) is 4. The van der Waals surface area contributed by atoms with Gasteiger partial charge < -0.3 is 10.2 Å². The smallest absolute Gasteiger partial charge is 0.298 e. The first-order chi connectivity index (χ1) is 17.2. The Kier molecular flexibility index (Phi) is 6.90. The standard InChI is InChI=1S/C24H20N6O6/c1-13(31)14-2-4-15(5-3-14)22(32)20(28-29-23(33)16-8-10-25-11-9-16)21-24(34)27-19-12-17(30(35)36)6-7-18(19)26-21/h2-13,22,28,31-32H,1H3,(H,29,33)/b21-20-. The number of rotatable bonds is 7. The highest BCUT2D eigenvalue weighted by Gasteiger charge is 2.25. The lowest BCUT2D eigenvalue weighted by atomic mass is 10.0. The van der Waals surface area contributed by atoms with Crippen molar-refractivity contribution in [3.63, 3.8) is 0 Å². The SMILES string of the molecule is CC(O)c1ccc(C(O)/C(NNC(=O)c2ccncc2)=C2/N=c3ccc([N+](=O)[O-])cc3=NC2=O)cc1. The number of amides is 2. The van der Waals surface area contributed by atoms with Gasteiger partial charge in [-0.25, -0.2) is 9.98 Å². The van der Waals surface area contributed by atoms with E-state index in [2.05, 4.69) is 25.8 Å². The van der Waals surface area contributed by atoms with Gasteiger partial charge in [-0.15, -0.1) is 0 Å². The van der Waals surface area contributed by atoms with Gasteiger partial charge in [0.05, 0.1) is 27.4 Å². The quantitative estimate of drug-likeness (QED) is 0.213. The molecular weight excluding hydrogens is 468 g/mol. The average molecular weight is 488 g/mol. The van der Waals surface area contributed by atoms with Crippen molar-refractivity contribution in [2.45, 2.75) is 19.1 Å². The third-order valence-electron chi connectivity index (χ3n) is 5.34. The fourth-order valence-corrected chi connectivity index (χ4v) is 3.40. The molecular formula is C24H20N6O6. The van der Waals surface area contributed by atoms with Crippen molar-refractivity contribution < 1.29 is 24.7 Å². The molecule has 0 radical (unpaired) electrons. The minimum Gasteiger partial charge on any atom is -0.389 e. The number of nitrogens with zero attached hydrogens (tertiary/aromatic N) is 4. The number of benzene rings is 2. The molecule has 2 amide bonds. The van der Waals surface area contributed by atoms with Crippen LogP contribution in [0.25, 0.3) is 0 Å². The fraction of sp³-hybridized carbons (Fsp3) is 0.125. The molecule has 2 atom stereocenters. The zero-order valence-corrected chi connectivity index (χ0v) is 18.8. The topological polar surface area (TPSA) is 179 Å². The molecule has 4 N–H and O–H groups in total. The van der Waals surface area contributed by atoms with Crippen LogP contribution in [0.4, 0.5) is 5.69 Å². The number of nitro benzene ring substituents is 1. The van der Waals surface area contributed by atoms with Gasteiger partial charge in [0.1, 0.15) is 6.10 Å². The zero-order chi connectivity index (χ0) is 25.8. The number of hydrogen-bond acceptors (Lipinski definition) is 9. The molecule has 2 unspecified atom stereocenters. The summed E-state index contributed by atoms with van der Waals surface area (Å²) in [6, 6.07) is 13.0. The summed E-state index contributed by atoms with van der Waals surface area (Å²) < 4.78 is 0. The number of aromatic nitrogens is 1. The molecule has 1 aromatic heterocycles. The molecule has 12 heteroatoms. The molecule has 2 aromatic carbocycles. The summed E-state index contributed by atoms with van der Waals surface area (Å²) in [7, 11) is 0. The van der Waals surface area contributed by atoms with Crippen molar-refractivity contribution in [3.05, 3.63) is 116 Å². The van der Waals surface area contributed by atoms with Crippen LogP contribution in [0.15, 0.2) is 88.4 Å². The number of nitro groups is 1. The molecule has 1 aliphatic heterocycles. The van der Waals surface area contributed by atoms with Crippen LogP contribution in [0.2, 0.25) is 0 Å². The number of aliphatic hydroxyl groups excluding tert-OH is 2. The van der Waals surface area contributed by atoms with E-state index in [0.717, 1.165) is 6.07 Å². The summed E-state index contributed by atoms with van der Waals surface area (Å²) in [5.41, 5.74) is 5.53. The second-order valence-corrected chi connectivity index (χ2v) is 7.78. The van der Waals surface area contributed by atoms with Crippen LogP contribution in [0.1, 0.15) is 40.6 Å². The first kappa shape index (κ1) is 24.3. The molecule has 0 fully saturated rings. The number of carbonyl (C=O) groups is 2. The van der Waals surface area contributed by atoms with Crippen molar-refractivity contribution in [2.75, 3.05) is 0 Å². The van der Waals surface area contributed by atoms with E-state index in [0.29, 0.717) is 11.1 Å². The third kappa shape index (κ3) is 5.14. The number of pyridine rings is 1. The normalized spacial score (nSPS) is 15.5. The van der Waals surface area contributed by atoms with E-state index in [1.54, 1.807) is 31.2 Å². The van der Waals surface area contributed by atoms with Gasteiger partial charge in [-0.3, -0.25) is 35.5 Å². The van der Waals surface area contributed by atoms with E-state index in [9.17, 15) is 29.9 Å². The predicted molar refractivity (Wildman–Crippen MR) is 124 cm³/mol. The van der Waals surface area contributed by atoms with Crippen LogP contribution in [-0.2, 0) is 4.79 Å². The Morgan fingerprint density at radius 2 is 1.61 bits per heavy atom. The summed E-state index contributed by atoms with van der Waals surface area (Å²) in [6.45, 7) is 1.60. The Balaban J connectivity index is 1.76. The van der Waals surface area contributed by atoms with Crippen molar-refractivity contribution in [1.82, 2.24) is 15.8 Å². The van der Waals surface area contributed by atoms with E-state index in [1.165, 1.54) is 36.7 Å². The summed E-state index contributed by atoms with van der Waals surface area (Å²) in [4.78, 5) is 47.9. The Bertz CT molecular complexity index is 1490. The lowest BCUT2D eigenvalue weighted by Crippen LogP contribution is -2.41. The highest BCUT2D eigenvalue weighted by Crippen LogP contribution is 2.25. The maximum Gasteiger partial charge on any atom is 0.298 e. The van der Waals surface area contributed by atoms with Crippen LogP contribution < -0.4 is 21.6 Å². The molecule has 36 heavy (non-hydrogen) atoms. The largest absolute Gasteiger partial charge is 0.389 e. The third-order valence-corrected chi connectivity index (χ3v) is 5.34. The summed E-state index contributed by atoms with van der Waals surface area (Å²) in [6.07, 6.45) is 0.688. The monoisotopic (exact) mass is 488 g/mol. The van der Waals surface area contributed by atoms with Gasteiger partial charge >= 0.3 is 0 Å². The molecule has 4 rings (SSSR count). The molecule has 2 heterocycles. The van der Waals surface area contributed by atoms with Gasteiger partial charge in [-0.1, -0.05) is 24.3 Å². The number of carbonyl (C=O) groups excluding carboxylic acids is 2. The van der Waals surface area contributed by atoms with Crippen molar-refractivity contribution in [2.24, 2.45) is 9.98 Å². The molecule has 0 saturated heterocycles.